The number of nitrogens with zero attached hydrogens (tertiary/aromatic N) is 2. The molecule has 0 saturated heterocycles. The summed E-state index contributed by atoms with van der Waals surface area (Å²) >= 11 is 1.71. The Morgan fingerprint density at radius 1 is 1.25 bits per heavy atom. The number of imidazole rings is 1. The molecular weight excluding hydrogens is 264 g/mol. The zero-order valence-electron chi connectivity index (χ0n) is 11.6. The average molecular weight is 282 g/mol. The van der Waals surface area contributed by atoms with Crippen LogP contribution < -0.4 is 0 Å². The van der Waals surface area contributed by atoms with E-state index in [2.05, 4.69) is 63.8 Å². The van der Waals surface area contributed by atoms with Crippen LogP contribution in [0.5, 0.6) is 0 Å². The van der Waals surface area contributed by atoms with Gasteiger partial charge in [-0.25, -0.2) is 4.98 Å². The van der Waals surface area contributed by atoms with Crippen molar-refractivity contribution >= 4 is 11.3 Å². The van der Waals surface area contributed by atoms with E-state index in [4.69, 9.17) is 0 Å². The summed E-state index contributed by atoms with van der Waals surface area (Å²) in [4.78, 5) is 4.47. The van der Waals surface area contributed by atoms with Crippen LogP contribution in [0.3, 0.4) is 0 Å². The van der Waals surface area contributed by atoms with Crippen LogP contribution >= 0.6 is 11.3 Å². The van der Waals surface area contributed by atoms with Gasteiger partial charge in [0.05, 0.1) is 12.0 Å². The summed E-state index contributed by atoms with van der Waals surface area (Å²) in [6.45, 7) is 3.16. The lowest BCUT2D eigenvalue weighted by Crippen LogP contribution is -1.96. The van der Waals surface area contributed by atoms with E-state index in [1.165, 1.54) is 16.7 Å². The Labute approximate surface area is 123 Å². The number of benzene rings is 1. The molecule has 3 heteroatoms. The van der Waals surface area contributed by atoms with E-state index in [0.717, 1.165) is 25.1 Å². The Bertz CT molecular complexity index is 668. The van der Waals surface area contributed by atoms with Gasteiger partial charge in [-0.05, 0) is 36.8 Å². The molecule has 0 saturated carbocycles. The van der Waals surface area contributed by atoms with Gasteiger partial charge in [0.25, 0.3) is 0 Å². The Hall–Kier alpha value is -1.87. The van der Waals surface area contributed by atoms with Crippen LogP contribution in [-0.2, 0) is 13.0 Å². The summed E-state index contributed by atoms with van der Waals surface area (Å²) in [6, 6.07) is 10.9. The SMILES string of the molecule is Cc1cccc(CCCn2cnc(-c3ccsc3)c2)c1. The Morgan fingerprint density at radius 2 is 2.20 bits per heavy atom. The second kappa shape index (κ2) is 6.06. The number of rotatable bonds is 5. The van der Waals surface area contributed by atoms with E-state index in [0.29, 0.717) is 0 Å². The molecule has 0 aliphatic heterocycles. The Kier molecular flexibility index (Phi) is 3.97. The van der Waals surface area contributed by atoms with Crippen LogP contribution in [0.2, 0.25) is 0 Å². The van der Waals surface area contributed by atoms with Gasteiger partial charge in [-0.15, -0.1) is 0 Å². The molecular formula is C17H18N2S. The molecule has 1 aromatic carbocycles. The zero-order valence-corrected chi connectivity index (χ0v) is 12.4. The molecule has 2 heterocycles. The number of thiophene rings is 1. The van der Waals surface area contributed by atoms with E-state index in [1.807, 2.05) is 6.33 Å². The maximum Gasteiger partial charge on any atom is 0.0953 e. The molecule has 0 aliphatic carbocycles. The third-order valence-corrected chi connectivity index (χ3v) is 4.10. The van der Waals surface area contributed by atoms with Gasteiger partial charge < -0.3 is 4.57 Å². The van der Waals surface area contributed by atoms with Gasteiger partial charge in [-0.1, -0.05) is 29.8 Å². The van der Waals surface area contributed by atoms with E-state index in [-0.39, 0.29) is 0 Å². The van der Waals surface area contributed by atoms with Crippen molar-refractivity contribution in [1.29, 1.82) is 0 Å². The highest BCUT2D eigenvalue weighted by atomic mass is 32.1. The van der Waals surface area contributed by atoms with Crippen LogP contribution in [0.4, 0.5) is 0 Å². The third-order valence-electron chi connectivity index (χ3n) is 3.41. The predicted octanol–water partition coefficient (Wildman–Crippen LogP) is 4.55. The molecule has 0 fully saturated rings. The topological polar surface area (TPSA) is 17.8 Å². The van der Waals surface area contributed by atoms with Gasteiger partial charge in [0.15, 0.2) is 0 Å². The highest BCUT2D eigenvalue weighted by Gasteiger charge is 2.02. The lowest BCUT2D eigenvalue weighted by atomic mass is 10.1. The Morgan fingerprint density at radius 3 is 3.00 bits per heavy atom. The van der Waals surface area contributed by atoms with Crippen LogP contribution in [0, 0.1) is 6.92 Å². The summed E-state index contributed by atoms with van der Waals surface area (Å²) in [7, 11) is 0. The normalized spacial score (nSPS) is 10.8. The average Bonchev–Trinajstić information content (AvgIpc) is 3.09. The smallest absolute Gasteiger partial charge is 0.0953 e. The van der Waals surface area contributed by atoms with Gasteiger partial charge in [0, 0.05) is 23.7 Å². The molecule has 0 bridgehead atoms. The van der Waals surface area contributed by atoms with Gasteiger partial charge in [-0.3, -0.25) is 0 Å². The zero-order chi connectivity index (χ0) is 13.8. The minimum absolute atomic E-state index is 1.02. The molecule has 0 spiro atoms. The molecule has 3 rings (SSSR count). The number of hydrogen-bond donors (Lipinski definition) is 0. The molecule has 0 unspecified atom stereocenters. The standard InChI is InChI=1S/C17H18N2S/c1-14-4-2-5-15(10-14)6-3-8-19-11-17(18-13-19)16-7-9-20-12-16/h2,4-5,7,9-13H,3,6,8H2,1H3. The molecule has 0 aliphatic rings. The van der Waals surface area contributed by atoms with Crippen molar-refractivity contribution < 1.29 is 0 Å². The third kappa shape index (κ3) is 3.17. The maximum absolute atomic E-state index is 4.47. The molecule has 0 amide bonds. The summed E-state index contributed by atoms with van der Waals surface area (Å²) in [5, 5.41) is 4.23. The highest BCUT2D eigenvalue weighted by molar-refractivity contribution is 7.08. The maximum atomic E-state index is 4.47. The van der Waals surface area contributed by atoms with Gasteiger partial charge >= 0.3 is 0 Å². The first-order valence-electron chi connectivity index (χ1n) is 6.91. The number of aromatic nitrogens is 2. The molecule has 3 aromatic rings. The second-order valence-corrected chi connectivity index (χ2v) is 5.88. The largest absolute Gasteiger partial charge is 0.337 e. The first-order valence-corrected chi connectivity index (χ1v) is 7.85. The summed E-state index contributed by atoms with van der Waals surface area (Å²) in [5.74, 6) is 0. The van der Waals surface area contributed by atoms with Crippen molar-refractivity contribution in [1.82, 2.24) is 9.55 Å². The molecule has 102 valence electrons. The van der Waals surface area contributed by atoms with Crippen LogP contribution in [0.1, 0.15) is 17.5 Å². The molecule has 2 nitrogen and oxygen atoms in total. The van der Waals surface area contributed by atoms with E-state index < -0.39 is 0 Å². The van der Waals surface area contributed by atoms with Gasteiger partial charge in [-0.2, -0.15) is 11.3 Å². The van der Waals surface area contributed by atoms with E-state index in [1.54, 1.807) is 11.3 Å². The van der Waals surface area contributed by atoms with Crippen LogP contribution in [0.15, 0.2) is 53.6 Å². The van der Waals surface area contributed by atoms with Crippen molar-refractivity contribution in [2.75, 3.05) is 0 Å². The fraction of sp³-hybridized carbons (Fsp3) is 0.235. The first kappa shape index (κ1) is 13.1. The lowest BCUT2D eigenvalue weighted by Gasteiger charge is -2.03. The van der Waals surface area contributed by atoms with Crippen molar-refractivity contribution in [2.45, 2.75) is 26.3 Å². The fourth-order valence-electron chi connectivity index (χ4n) is 2.38. The summed E-state index contributed by atoms with van der Waals surface area (Å²) in [6.07, 6.45) is 6.33. The quantitative estimate of drug-likeness (QED) is 0.671. The van der Waals surface area contributed by atoms with Crippen molar-refractivity contribution in [3.8, 4) is 11.3 Å². The minimum atomic E-state index is 1.02. The van der Waals surface area contributed by atoms with Gasteiger partial charge in [0.1, 0.15) is 0 Å². The van der Waals surface area contributed by atoms with E-state index >= 15 is 0 Å². The molecule has 0 radical (unpaired) electrons. The minimum Gasteiger partial charge on any atom is -0.337 e. The summed E-state index contributed by atoms with van der Waals surface area (Å²) in [5.41, 5.74) is 5.04. The number of aryl methyl sites for hydroxylation is 3. The predicted molar refractivity (Wildman–Crippen MR) is 85.0 cm³/mol. The highest BCUT2D eigenvalue weighted by Crippen LogP contribution is 2.19. The fourth-order valence-corrected chi connectivity index (χ4v) is 3.02. The van der Waals surface area contributed by atoms with Crippen LogP contribution in [-0.4, -0.2) is 9.55 Å². The van der Waals surface area contributed by atoms with Crippen molar-refractivity contribution in [3.63, 3.8) is 0 Å². The molecule has 20 heavy (non-hydrogen) atoms. The van der Waals surface area contributed by atoms with Crippen molar-refractivity contribution in [3.05, 3.63) is 64.7 Å². The monoisotopic (exact) mass is 282 g/mol. The lowest BCUT2D eigenvalue weighted by molar-refractivity contribution is 0.642. The van der Waals surface area contributed by atoms with Crippen LogP contribution in [0.25, 0.3) is 11.3 Å². The number of hydrogen-bond acceptors (Lipinski definition) is 2. The molecule has 0 N–H and O–H groups in total. The Balaban J connectivity index is 1.57. The molecule has 2 aromatic heterocycles. The molecule has 0 atom stereocenters. The first-order chi connectivity index (χ1) is 9.81. The summed E-state index contributed by atoms with van der Waals surface area (Å²) < 4.78 is 2.18. The second-order valence-electron chi connectivity index (χ2n) is 5.10. The van der Waals surface area contributed by atoms with E-state index in [9.17, 15) is 0 Å². The van der Waals surface area contributed by atoms with Gasteiger partial charge in [0.2, 0.25) is 0 Å². The van der Waals surface area contributed by atoms with Crippen molar-refractivity contribution in [2.24, 2.45) is 0 Å².